The zero-order valence-electron chi connectivity index (χ0n) is 10.8. The van der Waals surface area contributed by atoms with Gasteiger partial charge in [0.25, 0.3) is 0 Å². The smallest absolute Gasteiger partial charge is 0.159 e. The number of rotatable bonds is 4. The molecule has 0 bridgehead atoms. The maximum Gasteiger partial charge on any atom is 0.159 e. The van der Waals surface area contributed by atoms with E-state index in [1.54, 1.807) is 18.5 Å². The lowest BCUT2D eigenvalue weighted by atomic mass is 10.0. The number of benzene rings is 1. The van der Waals surface area contributed by atoms with Crippen LogP contribution in [0.15, 0.2) is 36.7 Å². The highest BCUT2D eigenvalue weighted by Gasteiger charge is 2.10. The number of carbonyl (C=O) groups excluding carboxylic acids is 1. The highest BCUT2D eigenvalue weighted by Crippen LogP contribution is 2.26. The number of carbonyl (C=O) groups is 1. The van der Waals surface area contributed by atoms with E-state index in [0.29, 0.717) is 29.0 Å². The first-order valence-corrected chi connectivity index (χ1v) is 6.00. The highest BCUT2D eigenvalue weighted by molar-refractivity contribution is 5.95. The van der Waals surface area contributed by atoms with Crippen molar-refractivity contribution in [1.29, 1.82) is 0 Å². The van der Waals surface area contributed by atoms with Crippen molar-refractivity contribution in [3.8, 4) is 16.9 Å². The topological polar surface area (TPSA) is 39.2 Å². The standard InChI is InChI=1S/C15H14FNO2/c1-3-19-13-6-12(8-17-9-13)14-7-11(10(2)18)4-5-15(14)16/h4-9H,3H2,1-2H3. The summed E-state index contributed by atoms with van der Waals surface area (Å²) in [5.41, 5.74) is 1.41. The first-order chi connectivity index (χ1) is 9.11. The van der Waals surface area contributed by atoms with Crippen LogP contribution in [-0.4, -0.2) is 17.4 Å². The molecule has 0 unspecified atom stereocenters. The predicted molar refractivity (Wildman–Crippen MR) is 70.8 cm³/mol. The van der Waals surface area contributed by atoms with Crippen LogP contribution in [0.4, 0.5) is 4.39 Å². The minimum absolute atomic E-state index is 0.102. The Morgan fingerprint density at radius 1 is 1.32 bits per heavy atom. The van der Waals surface area contributed by atoms with Gasteiger partial charge in [0.1, 0.15) is 11.6 Å². The molecule has 0 saturated heterocycles. The Balaban J connectivity index is 2.48. The molecule has 3 nitrogen and oxygen atoms in total. The van der Waals surface area contributed by atoms with Gasteiger partial charge >= 0.3 is 0 Å². The maximum absolute atomic E-state index is 13.9. The van der Waals surface area contributed by atoms with Crippen molar-refractivity contribution in [3.63, 3.8) is 0 Å². The molecule has 2 rings (SSSR count). The molecule has 0 aliphatic heterocycles. The van der Waals surface area contributed by atoms with Crippen molar-refractivity contribution in [1.82, 2.24) is 4.98 Å². The number of ketones is 1. The van der Waals surface area contributed by atoms with Crippen molar-refractivity contribution in [2.45, 2.75) is 13.8 Å². The average Bonchev–Trinajstić information content (AvgIpc) is 2.39. The lowest BCUT2D eigenvalue weighted by molar-refractivity contribution is 0.101. The van der Waals surface area contributed by atoms with E-state index >= 15 is 0 Å². The van der Waals surface area contributed by atoms with Crippen LogP contribution < -0.4 is 4.74 Å². The molecule has 0 radical (unpaired) electrons. The highest BCUT2D eigenvalue weighted by atomic mass is 19.1. The van der Waals surface area contributed by atoms with E-state index in [4.69, 9.17) is 4.74 Å². The molecule has 4 heteroatoms. The normalized spacial score (nSPS) is 10.3. The molecule has 0 fully saturated rings. The van der Waals surface area contributed by atoms with Gasteiger partial charge in [0.15, 0.2) is 5.78 Å². The molecule has 1 aromatic carbocycles. The molecule has 0 aliphatic rings. The Bertz CT molecular complexity index is 611. The van der Waals surface area contributed by atoms with Crippen molar-refractivity contribution in [2.24, 2.45) is 0 Å². The van der Waals surface area contributed by atoms with Crippen LogP contribution in [0.1, 0.15) is 24.2 Å². The monoisotopic (exact) mass is 259 g/mol. The van der Waals surface area contributed by atoms with E-state index < -0.39 is 0 Å². The number of halogens is 1. The number of ether oxygens (including phenoxy) is 1. The van der Waals surface area contributed by atoms with Crippen LogP contribution in [0.2, 0.25) is 0 Å². The second-order valence-electron chi connectivity index (χ2n) is 4.09. The lowest BCUT2D eigenvalue weighted by Gasteiger charge is -2.07. The van der Waals surface area contributed by atoms with Gasteiger partial charge in [0.2, 0.25) is 0 Å². The van der Waals surface area contributed by atoms with E-state index in [-0.39, 0.29) is 11.6 Å². The molecular weight excluding hydrogens is 245 g/mol. The van der Waals surface area contributed by atoms with Gasteiger partial charge < -0.3 is 4.74 Å². The van der Waals surface area contributed by atoms with Gasteiger partial charge in [-0.15, -0.1) is 0 Å². The molecule has 0 amide bonds. The number of hydrogen-bond acceptors (Lipinski definition) is 3. The summed E-state index contributed by atoms with van der Waals surface area (Å²) in [5.74, 6) is 0.0863. The number of aromatic nitrogens is 1. The number of Topliss-reactive ketones (excluding diaryl/α,β-unsaturated/α-hetero) is 1. The Labute approximate surface area is 111 Å². The van der Waals surface area contributed by atoms with Crippen molar-refractivity contribution < 1.29 is 13.9 Å². The molecule has 0 atom stereocenters. The molecule has 2 aromatic rings. The maximum atomic E-state index is 13.9. The third kappa shape index (κ3) is 2.96. The summed E-state index contributed by atoms with van der Waals surface area (Å²) in [6, 6.07) is 6.00. The summed E-state index contributed by atoms with van der Waals surface area (Å²) in [6.07, 6.45) is 3.12. The minimum atomic E-state index is -0.388. The van der Waals surface area contributed by atoms with Gasteiger partial charge in [-0.2, -0.15) is 0 Å². The van der Waals surface area contributed by atoms with E-state index in [0.717, 1.165) is 0 Å². The Hall–Kier alpha value is -2.23. The summed E-state index contributed by atoms with van der Waals surface area (Å²) >= 11 is 0. The summed E-state index contributed by atoms with van der Waals surface area (Å²) in [4.78, 5) is 15.4. The van der Waals surface area contributed by atoms with Crippen LogP contribution in [-0.2, 0) is 0 Å². The van der Waals surface area contributed by atoms with Gasteiger partial charge in [-0.1, -0.05) is 0 Å². The second-order valence-corrected chi connectivity index (χ2v) is 4.09. The fraction of sp³-hybridized carbons (Fsp3) is 0.200. The van der Waals surface area contributed by atoms with Crippen LogP contribution in [0.3, 0.4) is 0 Å². The van der Waals surface area contributed by atoms with E-state index in [9.17, 15) is 9.18 Å². The lowest BCUT2D eigenvalue weighted by Crippen LogP contribution is -1.96. The fourth-order valence-corrected chi connectivity index (χ4v) is 1.78. The van der Waals surface area contributed by atoms with Crippen LogP contribution >= 0.6 is 0 Å². The van der Waals surface area contributed by atoms with Crippen LogP contribution in [0.5, 0.6) is 5.75 Å². The fourth-order valence-electron chi connectivity index (χ4n) is 1.78. The quantitative estimate of drug-likeness (QED) is 0.789. The molecule has 19 heavy (non-hydrogen) atoms. The van der Waals surface area contributed by atoms with Gasteiger partial charge in [-0.3, -0.25) is 9.78 Å². The van der Waals surface area contributed by atoms with E-state index in [1.165, 1.54) is 25.1 Å². The van der Waals surface area contributed by atoms with Crippen LogP contribution in [0.25, 0.3) is 11.1 Å². The van der Waals surface area contributed by atoms with Gasteiger partial charge in [-0.25, -0.2) is 4.39 Å². The molecular formula is C15H14FNO2. The number of nitrogens with zero attached hydrogens (tertiary/aromatic N) is 1. The number of pyridine rings is 1. The SMILES string of the molecule is CCOc1cncc(-c2cc(C(C)=O)ccc2F)c1. The van der Waals surface area contributed by atoms with Crippen LogP contribution in [0, 0.1) is 5.82 Å². The zero-order chi connectivity index (χ0) is 13.8. The summed E-state index contributed by atoms with van der Waals surface area (Å²) < 4.78 is 19.2. The third-order valence-electron chi connectivity index (χ3n) is 2.71. The summed E-state index contributed by atoms with van der Waals surface area (Å²) in [7, 11) is 0. The van der Waals surface area contributed by atoms with Crippen molar-refractivity contribution in [2.75, 3.05) is 6.61 Å². The summed E-state index contributed by atoms with van der Waals surface area (Å²) in [6.45, 7) is 3.83. The average molecular weight is 259 g/mol. The number of hydrogen-bond donors (Lipinski definition) is 0. The van der Waals surface area contributed by atoms with Gasteiger partial charge in [0.05, 0.1) is 12.8 Å². The first-order valence-electron chi connectivity index (χ1n) is 6.00. The molecule has 1 aromatic heterocycles. The first kappa shape index (κ1) is 13.2. The van der Waals surface area contributed by atoms with E-state index in [1.807, 2.05) is 6.92 Å². The largest absolute Gasteiger partial charge is 0.492 e. The molecule has 0 spiro atoms. The molecule has 0 aliphatic carbocycles. The van der Waals surface area contributed by atoms with Crippen molar-refractivity contribution in [3.05, 3.63) is 48.0 Å². The zero-order valence-corrected chi connectivity index (χ0v) is 10.8. The predicted octanol–water partition coefficient (Wildman–Crippen LogP) is 3.49. The Kier molecular flexibility index (Phi) is 3.90. The minimum Gasteiger partial charge on any atom is -0.492 e. The Morgan fingerprint density at radius 3 is 2.79 bits per heavy atom. The molecule has 0 saturated carbocycles. The second kappa shape index (κ2) is 5.61. The van der Waals surface area contributed by atoms with Gasteiger partial charge in [0, 0.05) is 22.9 Å². The van der Waals surface area contributed by atoms with Gasteiger partial charge in [-0.05, 0) is 38.1 Å². The molecule has 0 N–H and O–H groups in total. The van der Waals surface area contributed by atoms with Crippen molar-refractivity contribution >= 4 is 5.78 Å². The molecule has 98 valence electrons. The Morgan fingerprint density at radius 2 is 2.11 bits per heavy atom. The summed E-state index contributed by atoms with van der Waals surface area (Å²) in [5, 5.41) is 0. The third-order valence-corrected chi connectivity index (χ3v) is 2.71. The van der Waals surface area contributed by atoms with E-state index in [2.05, 4.69) is 4.98 Å². The molecule has 1 heterocycles.